The third-order valence-corrected chi connectivity index (χ3v) is 3.56. The molecule has 0 bridgehead atoms. The number of rotatable bonds is 5. The van der Waals surface area contributed by atoms with E-state index in [0.29, 0.717) is 11.6 Å². The average molecular weight is 315 g/mol. The third-order valence-electron chi connectivity index (χ3n) is 3.26. The summed E-state index contributed by atoms with van der Waals surface area (Å²) < 4.78 is 5.78. The molecule has 0 aliphatic heterocycles. The molecule has 0 aliphatic rings. The van der Waals surface area contributed by atoms with Crippen LogP contribution in [0.5, 0.6) is 5.75 Å². The summed E-state index contributed by atoms with van der Waals surface area (Å²) in [6, 6.07) is 5.79. The van der Waals surface area contributed by atoms with Crippen molar-refractivity contribution in [3.8, 4) is 5.75 Å². The first kappa shape index (κ1) is 16.9. The Bertz CT molecular complexity index is 527. The first-order chi connectivity index (χ1) is 9.09. The summed E-state index contributed by atoms with van der Waals surface area (Å²) in [7, 11) is 0. The van der Waals surface area contributed by atoms with Gasteiger partial charge >= 0.3 is 0 Å². The molecular weight excluding hydrogens is 295 g/mol. The first-order valence-electron chi connectivity index (χ1n) is 6.48. The van der Waals surface area contributed by atoms with E-state index in [2.05, 4.69) is 17.1 Å². The Morgan fingerprint density at radius 3 is 2.60 bits per heavy atom. The van der Waals surface area contributed by atoms with Crippen LogP contribution in [0.3, 0.4) is 0 Å². The van der Waals surface area contributed by atoms with Crippen molar-refractivity contribution in [3.05, 3.63) is 45.7 Å². The second-order valence-corrected chi connectivity index (χ2v) is 5.16. The van der Waals surface area contributed by atoms with Gasteiger partial charge in [0.1, 0.15) is 5.75 Å². The number of para-hydroxylation sites is 1. The van der Waals surface area contributed by atoms with Crippen LogP contribution in [0.15, 0.2) is 18.2 Å². The Morgan fingerprint density at radius 2 is 2.00 bits per heavy atom. The van der Waals surface area contributed by atoms with Gasteiger partial charge < -0.3 is 4.74 Å². The number of halogens is 2. The largest absolute Gasteiger partial charge is 0.492 e. The Balaban J connectivity index is 0.00000200. The molecule has 1 heterocycles. The van der Waals surface area contributed by atoms with Crippen molar-refractivity contribution in [1.82, 2.24) is 10.2 Å². The number of nitrogens with zero attached hydrogens (tertiary/aromatic N) is 1. The maximum atomic E-state index is 6.12. The quantitative estimate of drug-likeness (QED) is 0.829. The van der Waals surface area contributed by atoms with Gasteiger partial charge in [-0.25, -0.2) is 0 Å². The standard InChI is InChI=1S/C15H19ClN2O.ClH/c1-10-6-4-8-14(16)15(10)19-9-5-7-13-11(2)17-18-12(13)3;/h4,6,8H,5,7,9H2,1-3H3,(H,17,18);1H. The molecule has 1 aromatic heterocycles. The summed E-state index contributed by atoms with van der Waals surface area (Å²) in [5.41, 5.74) is 4.58. The smallest absolute Gasteiger partial charge is 0.140 e. The number of hydrogen-bond donors (Lipinski definition) is 1. The highest BCUT2D eigenvalue weighted by Crippen LogP contribution is 2.28. The number of ether oxygens (including phenoxy) is 1. The zero-order valence-electron chi connectivity index (χ0n) is 12.0. The van der Waals surface area contributed by atoms with E-state index in [4.69, 9.17) is 16.3 Å². The summed E-state index contributed by atoms with van der Waals surface area (Å²) >= 11 is 6.12. The summed E-state index contributed by atoms with van der Waals surface area (Å²) in [5, 5.41) is 7.87. The van der Waals surface area contributed by atoms with Gasteiger partial charge in [-0.2, -0.15) is 5.10 Å². The van der Waals surface area contributed by atoms with E-state index in [-0.39, 0.29) is 12.4 Å². The van der Waals surface area contributed by atoms with Gasteiger partial charge in [-0.3, -0.25) is 5.10 Å². The first-order valence-corrected chi connectivity index (χ1v) is 6.85. The van der Waals surface area contributed by atoms with Gasteiger partial charge in [0.2, 0.25) is 0 Å². The van der Waals surface area contributed by atoms with Gasteiger partial charge in [0, 0.05) is 5.69 Å². The minimum atomic E-state index is 0. The van der Waals surface area contributed by atoms with Crippen LogP contribution >= 0.6 is 24.0 Å². The number of aryl methyl sites for hydroxylation is 3. The molecule has 0 fully saturated rings. The number of H-pyrrole nitrogens is 1. The van der Waals surface area contributed by atoms with E-state index in [9.17, 15) is 0 Å². The molecule has 1 aromatic carbocycles. The highest BCUT2D eigenvalue weighted by Gasteiger charge is 2.07. The molecule has 0 amide bonds. The molecule has 3 nitrogen and oxygen atoms in total. The number of aromatic nitrogens is 2. The Hall–Kier alpha value is -1.19. The predicted molar refractivity (Wildman–Crippen MR) is 85.3 cm³/mol. The van der Waals surface area contributed by atoms with Crippen molar-refractivity contribution in [1.29, 1.82) is 0 Å². The molecule has 1 N–H and O–H groups in total. The third kappa shape index (κ3) is 3.90. The van der Waals surface area contributed by atoms with E-state index in [1.54, 1.807) is 0 Å². The molecule has 0 radical (unpaired) electrons. The van der Waals surface area contributed by atoms with Crippen LogP contribution in [-0.2, 0) is 6.42 Å². The molecule has 0 saturated carbocycles. The molecule has 0 spiro atoms. The van der Waals surface area contributed by atoms with E-state index in [0.717, 1.165) is 35.5 Å². The van der Waals surface area contributed by atoms with Crippen LogP contribution < -0.4 is 4.74 Å². The lowest BCUT2D eigenvalue weighted by molar-refractivity contribution is 0.309. The second-order valence-electron chi connectivity index (χ2n) is 4.75. The maximum absolute atomic E-state index is 6.12. The van der Waals surface area contributed by atoms with Crippen LogP contribution in [0.25, 0.3) is 0 Å². The van der Waals surface area contributed by atoms with E-state index in [1.807, 2.05) is 32.0 Å². The normalized spacial score (nSPS) is 10.2. The van der Waals surface area contributed by atoms with Crippen molar-refractivity contribution >= 4 is 24.0 Å². The van der Waals surface area contributed by atoms with Crippen molar-refractivity contribution in [2.75, 3.05) is 6.61 Å². The Kier molecular flexibility index (Phi) is 6.37. The van der Waals surface area contributed by atoms with Crippen LogP contribution in [-0.4, -0.2) is 16.8 Å². The fraction of sp³-hybridized carbons (Fsp3) is 0.400. The van der Waals surface area contributed by atoms with Crippen molar-refractivity contribution in [3.63, 3.8) is 0 Å². The second kappa shape index (κ2) is 7.55. The van der Waals surface area contributed by atoms with Crippen LogP contribution in [0.2, 0.25) is 5.02 Å². The highest BCUT2D eigenvalue weighted by atomic mass is 35.5. The zero-order valence-corrected chi connectivity index (χ0v) is 13.6. The van der Waals surface area contributed by atoms with Gasteiger partial charge in [-0.1, -0.05) is 23.7 Å². The molecule has 110 valence electrons. The minimum absolute atomic E-state index is 0. The molecule has 0 atom stereocenters. The summed E-state index contributed by atoms with van der Waals surface area (Å²) in [5.74, 6) is 0.796. The lowest BCUT2D eigenvalue weighted by Gasteiger charge is -2.10. The maximum Gasteiger partial charge on any atom is 0.140 e. The number of nitrogens with one attached hydrogen (secondary N) is 1. The molecule has 2 aromatic rings. The number of benzene rings is 1. The monoisotopic (exact) mass is 314 g/mol. The minimum Gasteiger partial charge on any atom is -0.492 e. The number of aromatic amines is 1. The fourth-order valence-electron chi connectivity index (χ4n) is 2.17. The molecule has 2 rings (SSSR count). The predicted octanol–water partition coefficient (Wildman–Crippen LogP) is 4.42. The van der Waals surface area contributed by atoms with E-state index < -0.39 is 0 Å². The Morgan fingerprint density at radius 1 is 1.25 bits per heavy atom. The number of hydrogen-bond acceptors (Lipinski definition) is 2. The van der Waals surface area contributed by atoms with E-state index in [1.165, 1.54) is 5.56 Å². The van der Waals surface area contributed by atoms with Crippen LogP contribution in [0, 0.1) is 20.8 Å². The van der Waals surface area contributed by atoms with Crippen molar-refractivity contribution in [2.45, 2.75) is 33.6 Å². The Labute approximate surface area is 131 Å². The van der Waals surface area contributed by atoms with Gasteiger partial charge in [-0.05, 0) is 50.8 Å². The average Bonchev–Trinajstić information content (AvgIpc) is 2.68. The van der Waals surface area contributed by atoms with Crippen molar-refractivity contribution in [2.24, 2.45) is 0 Å². The van der Waals surface area contributed by atoms with Gasteiger partial charge in [0.05, 0.1) is 17.3 Å². The van der Waals surface area contributed by atoms with E-state index >= 15 is 0 Å². The lowest BCUT2D eigenvalue weighted by atomic mass is 10.1. The summed E-state index contributed by atoms with van der Waals surface area (Å²) in [6.45, 7) is 6.74. The van der Waals surface area contributed by atoms with Crippen LogP contribution in [0.1, 0.15) is 28.9 Å². The molecular formula is C15H20Cl2N2O. The van der Waals surface area contributed by atoms with Gasteiger partial charge in [0.25, 0.3) is 0 Å². The highest BCUT2D eigenvalue weighted by molar-refractivity contribution is 6.32. The van der Waals surface area contributed by atoms with Gasteiger partial charge in [0.15, 0.2) is 0 Å². The van der Waals surface area contributed by atoms with Gasteiger partial charge in [-0.15, -0.1) is 12.4 Å². The molecule has 0 unspecified atom stereocenters. The summed E-state index contributed by atoms with van der Waals surface area (Å²) in [4.78, 5) is 0. The summed E-state index contributed by atoms with van der Waals surface area (Å²) in [6.07, 6.45) is 1.92. The van der Waals surface area contributed by atoms with Crippen molar-refractivity contribution < 1.29 is 4.74 Å². The topological polar surface area (TPSA) is 37.9 Å². The van der Waals surface area contributed by atoms with Crippen LogP contribution in [0.4, 0.5) is 0 Å². The molecule has 5 heteroatoms. The molecule has 20 heavy (non-hydrogen) atoms. The SMILES string of the molecule is Cc1cccc(Cl)c1OCCCc1c(C)n[nH]c1C.Cl. The molecule has 0 aliphatic carbocycles. The molecule has 0 saturated heterocycles. The zero-order chi connectivity index (χ0) is 13.8. The lowest BCUT2D eigenvalue weighted by Crippen LogP contribution is -2.02. The fourth-order valence-corrected chi connectivity index (χ4v) is 2.44.